The molecule has 0 bridgehead atoms. The van der Waals surface area contributed by atoms with E-state index in [1.54, 1.807) is 24.0 Å². The number of carbonyl (C=O) groups is 1. The number of rotatable bonds is 2. The number of H-pyrrole nitrogens is 1. The van der Waals surface area contributed by atoms with Gasteiger partial charge in [0.05, 0.1) is 6.20 Å². The number of nitrogens with one attached hydrogen (secondary N) is 2. The minimum absolute atomic E-state index is 0.131. The lowest BCUT2D eigenvalue weighted by atomic mass is 10.1. The Morgan fingerprint density at radius 1 is 1.30 bits per heavy atom. The zero-order valence-corrected chi connectivity index (χ0v) is 11.7. The second-order valence-corrected chi connectivity index (χ2v) is 4.93. The molecule has 5 nitrogen and oxygen atoms in total. The summed E-state index contributed by atoms with van der Waals surface area (Å²) in [5, 5.41) is 7.96. The van der Waals surface area contributed by atoms with Crippen LogP contribution in [0, 0.1) is 13.8 Å². The predicted molar refractivity (Wildman–Crippen MR) is 78.9 cm³/mol. The Labute approximate surface area is 116 Å². The number of carbonyl (C=O) groups excluding carboxylic acids is 1. The van der Waals surface area contributed by atoms with Gasteiger partial charge >= 0.3 is 0 Å². The first-order valence-corrected chi connectivity index (χ1v) is 6.44. The monoisotopic (exact) mass is 268 g/mol. The van der Waals surface area contributed by atoms with Gasteiger partial charge in [0, 0.05) is 35.3 Å². The average molecular weight is 268 g/mol. The first kappa shape index (κ1) is 12.5. The summed E-state index contributed by atoms with van der Waals surface area (Å²) in [6.07, 6.45) is 1.65. The molecule has 0 radical (unpaired) electrons. The van der Waals surface area contributed by atoms with Crippen LogP contribution in [0.15, 0.2) is 30.5 Å². The second kappa shape index (κ2) is 4.52. The lowest BCUT2D eigenvalue weighted by Gasteiger charge is -2.05. The van der Waals surface area contributed by atoms with Gasteiger partial charge in [-0.15, -0.1) is 0 Å². The van der Waals surface area contributed by atoms with E-state index in [-0.39, 0.29) is 5.91 Å². The maximum atomic E-state index is 12.3. The maximum Gasteiger partial charge on any atom is 0.256 e. The van der Waals surface area contributed by atoms with Crippen LogP contribution in [0.25, 0.3) is 10.9 Å². The molecule has 2 aromatic heterocycles. The third-order valence-corrected chi connectivity index (χ3v) is 3.63. The average Bonchev–Trinajstić information content (AvgIpc) is 2.95. The predicted octanol–water partition coefficient (Wildman–Crippen LogP) is 2.77. The molecular weight excluding hydrogens is 252 g/mol. The summed E-state index contributed by atoms with van der Waals surface area (Å²) in [6, 6.07) is 7.44. The fourth-order valence-electron chi connectivity index (χ4n) is 2.29. The minimum atomic E-state index is -0.131. The molecule has 102 valence electrons. The Hall–Kier alpha value is -2.56. The Morgan fingerprint density at radius 3 is 2.80 bits per heavy atom. The number of nitrogens with zero attached hydrogens (tertiary/aromatic N) is 2. The van der Waals surface area contributed by atoms with Crippen molar-refractivity contribution in [2.75, 3.05) is 5.32 Å². The van der Waals surface area contributed by atoms with Crippen LogP contribution in [-0.4, -0.2) is 20.7 Å². The van der Waals surface area contributed by atoms with Gasteiger partial charge in [0.2, 0.25) is 0 Å². The summed E-state index contributed by atoms with van der Waals surface area (Å²) in [7, 11) is 1.79. The summed E-state index contributed by atoms with van der Waals surface area (Å²) < 4.78 is 1.63. The van der Waals surface area contributed by atoms with Crippen molar-refractivity contribution >= 4 is 22.6 Å². The summed E-state index contributed by atoms with van der Waals surface area (Å²) in [6.45, 7) is 4.09. The van der Waals surface area contributed by atoms with Gasteiger partial charge in [-0.1, -0.05) is 0 Å². The van der Waals surface area contributed by atoms with Gasteiger partial charge < -0.3 is 10.3 Å². The van der Waals surface area contributed by atoms with Crippen LogP contribution in [0.1, 0.15) is 21.6 Å². The molecule has 1 amide bonds. The quantitative estimate of drug-likeness (QED) is 0.750. The van der Waals surface area contributed by atoms with Crippen molar-refractivity contribution in [3.8, 4) is 0 Å². The molecule has 1 aromatic carbocycles. The third kappa shape index (κ3) is 1.97. The Bertz CT molecular complexity index is 797. The number of amides is 1. The van der Waals surface area contributed by atoms with Gasteiger partial charge in [0.1, 0.15) is 5.82 Å². The van der Waals surface area contributed by atoms with E-state index in [0.717, 1.165) is 16.6 Å². The number of aromatic amines is 1. The smallest absolute Gasteiger partial charge is 0.256 e. The van der Waals surface area contributed by atoms with Crippen LogP contribution in [0.5, 0.6) is 0 Å². The topological polar surface area (TPSA) is 62.7 Å². The molecule has 2 N–H and O–H groups in total. The standard InChI is InChI=1S/C15H16N4O/c1-9-10(2)17-13-5-4-11(8-12(9)13)15(20)18-14-6-7-16-19(14)3/h4-8,17H,1-3H3,(H,18,20). The van der Waals surface area contributed by atoms with Crippen molar-refractivity contribution in [1.29, 1.82) is 0 Å². The highest BCUT2D eigenvalue weighted by Gasteiger charge is 2.11. The number of aryl methyl sites for hydroxylation is 3. The van der Waals surface area contributed by atoms with E-state index in [0.29, 0.717) is 11.4 Å². The van der Waals surface area contributed by atoms with Gasteiger partial charge in [-0.3, -0.25) is 9.48 Å². The zero-order valence-electron chi connectivity index (χ0n) is 11.7. The van der Waals surface area contributed by atoms with Crippen molar-refractivity contribution in [2.24, 2.45) is 7.05 Å². The van der Waals surface area contributed by atoms with E-state index in [1.165, 1.54) is 5.56 Å². The van der Waals surface area contributed by atoms with Gasteiger partial charge in [-0.05, 0) is 37.6 Å². The number of hydrogen-bond donors (Lipinski definition) is 2. The van der Waals surface area contributed by atoms with E-state index < -0.39 is 0 Å². The fourth-order valence-corrected chi connectivity index (χ4v) is 2.29. The molecule has 0 aliphatic carbocycles. The highest BCUT2D eigenvalue weighted by molar-refractivity contribution is 6.06. The highest BCUT2D eigenvalue weighted by atomic mass is 16.1. The van der Waals surface area contributed by atoms with E-state index in [2.05, 4.69) is 22.3 Å². The summed E-state index contributed by atoms with van der Waals surface area (Å²) in [4.78, 5) is 15.6. The normalized spacial score (nSPS) is 10.9. The molecule has 2 heterocycles. The molecule has 0 spiro atoms. The molecule has 3 aromatic rings. The molecule has 0 saturated heterocycles. The lowest BCUT2D eigenvalue weighted by Crippen LogP contribution is -2.14. The number of hydrogen-bond acceptors (Lipinski definition) is 2. The fraction of sp³-hybridized carbons (Fsp3) is 0.200. The van der Waals surface area contributed by atoms with E-state index in [4.69, 9.17) is 0 Å². The van der Waals surface area contributed by atoms with Crippen LogP contribution in [0.4, 0.5) is 5.82 Å². The van der Waals surface area contributed by atoms with Crippen molar-refractivity contribution in [2.45, 2.75) is 13.8 Å². The molecule has 0 aliphatic heterocycles. The maximum absolute atomic E-state index is 12.3. The number of benzene rings is 1. The zero-order chi connectivity index (χ0) is 14.3. The van der Waals surface area contributed by atoms with Crippen molar-refractivity contribution in [3.05, 3.63) is 47.3 Å². The van der Waals surface area contributed by atoms with E-state index in [9.17, 15) is 4.79 Å². The number of anilines is 1. The summed E-state index contributed by atoms with van der Waals surface area (Å²) >= 11 is 0. The minimum Gasteiger partial charge on any atom is -0.358 e. The van der Waals surface area contributed by atoms with Crippen molar-refractivity contribution < 1.29 is 4.79 Å². The summed E-state index contributed by atoms with van der Waals surface area (Å²) in [5.74, 6) is 0.547. The van der Waals surface area contributed by atoms with Crippen LogP contribution in [0.2, 0.25) is 0 Å². The van der Waals surface area contributed by atoms with Crippen molar-refractivity contribution in [3.63, 3.8) is 0 Å². The first-order valence-electron chi connectivity index (χ1n) is 6.44. The molecule has 0 atom stereocenters. The Kier molecular flexibility index (Phi) is 2.82. The largest absolute Gasteiger partial charge is 0.358 e. The Balaban J connectivity index is 1.95. The van der Waals surface area contributed by atoms with Gasteiger partial charge in [-0.25, -0.2) is 0 Å². The molecular formula is C15H16N4O. The highest BCUT2D eigenvalue weighted by Crippen LogP contribution is 2.22. The molecule has 20 heavy (non-hydrogen) atoms. The first-order chi connectivity index (χ1) is 9.56. The van der Waals surface area contributed by atoms with E-state index in [1.807, 2.05) is 25.1 Å². The van der Waals surface area contributed by atoms with Crippen molar-refractivity contribution in [1.82, 2.24) is 14.8 Å². The van der Waals surface area contributed by atoms with Crippen LogP contribution >= 0.6 is 0 Å². The van der Waals surface area contributed by atoms with Gasteiger partial charge in [0.25, 0.3) is 5.91 Å². The second-order valence-electron chi connectivity index (χ2n) is 4.93. The molecule has 0 unspecified atom stereocenters. The third-order valence-electron chi connectivity index (χ3n) is 3.63. The summed E-state index contributed by atoms with van der Waals surface area (Å²) in [5.41, 5.74) is 4.00. The van der Waals surface area contributed by atoms with Gasteiger partial charge in [0.15, 0.2) is 0 Å². The van der Waals surface area contributed by atoms with E-state index >= 15 is 0 Å². The number of fused-ring (bicyclic) bond motifs is 1. The molecule has 5 heteroatoms. The van der Waals surface area contributed by atoms with Crippen LogP contribution in [-0.2, 0) is 7.05 Å². The SMILES string of the molecule is Cc1[nH]c2ccc(C(=O)Nc3ccnn3C)cc2c1C. The number of aromatic nitrogens is 3. The Morgan fingerprint density at radius 2 is 2.10 bits per heavy atom. The van der Waals surface area contributed by atoms with Gasteiger partial charge in [-0.2, -0.15) is 5.10 Å². The molecule has 0 aliphatic rings. The molecule has 0 fully saturated rings. The van der Waals surface area contributed by atoms with Crippen LogP contribution in [0.3, 0.4) is 0 Å². The lowest BCUT2D eigenvalue weighted by molar-refractivity contribution is 0.102. The molecule has 3 rings (SSSR count). The molecule has 0 saturated carbocycles. The van der Waals surface area contributed by atoms with Crippen LogP contribution < -0.4 is 5.32 Å².